The van der Waals surface area contributed by atoms with Gasteiger partial charge in [0.25, 0.3) is 15.6 Å². The summed E-state index contributed by atoms with van der Waals surface area (Å²) in [4.78, 5) is 20.6. The van der Waals surface area contributed by atoms with Gasteiger partial charge in [-0.1, -0.05) is 11.6 Å². The van der Waals surface area contributed by atoms with E-state index in [1.165, 1.54) is 49.3 Å². The Bertz CT molecular complexity index is 1600. The molecule has 0 aliphatic heterocycles. The van der Waals surface area contributed by atoms with Gasteiger partial charge in [0.15, 0.2) is 0 Å². The fourth-order valence-corrected chi connectivity index (χ4v) is 4.68. The summed E-state index contributed by atoms with van der Waals surface area (Å²) < 4.78 is 59.1. The summed E-state index contributed by atoms with van der Waals surface area (Å²) in [5, 5.41) is 0.0522. The fourth-order valence-electron chi connectivity index (χ4n) is 3.29. The van der Waals surface area contributed by atoms with E-state index >= 15 is 0 Å². The molecule has 4 aromatic rings. The van der Waals surface area contributed by atoms with E-state index in [0.29, 0.717) is 23.4 Å². The van der Waals surface area contributed by atoms with E-state index in [0.717, 1.165) is 12.1 Å². The molecule has 0 fully saturated rings. The molecule has 0 spiro atoms. The second kappa shape index (κ2) is 10.5. The van der Waals surface area contributed by atoms with Gasteiger partial charge in [0.1, 0.15) is 28.7 Å². The Balaban J connectivity index is 1.73. The summed E-state index contributed by atoms with van der Waals surface area (Å²) in [5.41, 5.74) is 0.861. The summed E-state index contributed by atoms with van der Waals surface area (Å²) in [5.74, 6) is -0.968. The maximum atomic E-state index is 14.2. The lowest BCUT2D eigenvalue weighted by Crippen LogP contribution is -2.19. The summed E-state index contributed by atoms with van der Waals surface area (Å²) in [7, 11) is -1.55. The van der Waals surface area contributed by atoms with Gasteiger partial charge in [-0.3, -0.25) is 13.9 Å². The van der Waals surface area contributed by atoms with Gasteiger partial charge in [0.05, 0.1) is 19.9 Å². The van der Waals surface area contributed by atoms with Crippen molar-refractivity contribution in [3.8, 4) is 22.8 Å². The zero-order chi connectivity index (χ0) is 25.9. The van der Waals surface area contributed by atoms with Gasteiger partial charge in [0, 0.05) is 35.7 Å². The molecule has 3 aromatic heterocycles. The van der Waals surface area contributed by atoms with E-state index in [1.807, 2.05) is 0 Å². The van der Waals surface area contributed by atoms with Crippen LogP contribution in [0.25, 0.3) is 16.8 Å². The van der Waals surface area contributed by atoms with Gasteiger partial charge in [0.2, 0.25) is 11.6 Å². The molecule has 0 unspecified atom stereocenters. The molecule has 0 atom stereocenters. The molecule has 0 bridgehead atoms. The molecule has 0 aliphatic carbocycles. The number of anilines is 1. The van der Waals surface area contributed by atoms with Gasteiger partial charge in [-0.15, -0.1) is 0 Å². The minimum atomic E-state index is -4.38. The minimum Gasteiger partial charge on any atom is -0.484 e. The van der Waals surface area contributed by atoms with Crippen molar-refractivity contribution in [3.05, 3.63) is 76.2 Å². The van der Waals surface area contributed by atoms with E-state index in [9.17, 15) is 17.6 Å². The highest BCUT2D eigenvalue weighted by atomic mass is 35.5. The highest BCUT2D eigenvalue weighted by molar-refractivity contribution is 7.92. The van der Waals surface area contributed by atoms with E-state index in [1.54, 1.807) is 12.1 Å². The molecule has 13 heteroatoms. The monoisotopic (exact) mass is 534 g/mol. The highest BCUT2D eigenvalue weighted by Crippen LogP contribution is 2.31. The molecule has 0 amide bonds. The summed E-state index contributed by atoms with van der Waals surface area (Å²) in [6.07, 6.45) is 4.30. The van der Waals surface area contributed by atoms with Crippen LogP contribution < -0.4 is 19.8 Å². The molecule has 188 valence electrons. The third-order valence-electron chi connectivity index (χ3n) is 5.02. The molecular formula is C23H20ClFN4O6S. The van der Waals surface area contributed by atoms with Gasteiger partial charge < -0.3 is 14.2 Å². The highest BCUT2D eigenvalue weighted by Gasteiger charge is 2.22. The van der Waals surface area contributed by atoms with Crippen molar-refractivity contribution in [2.75, 3.05) is 32.2 Å². The number of hydrogen-bond acceptors (Lipinski definition) is 8. The number of nitrogens with zero attached hydrogens (tertiary/aromatic N) is 3. The molecule has 3 heterocycles. The number of fused-ring (bicyclic) bond motifs is 1. The van der Waals surface area contributed by atoms with Crippen LogP contribution >= 0.6 is 11.6 Å². The van der Waals surface area contributed by atoms with Crippen LogP contribution in [-0.4, -0.2) is 50.2 Å². The van der Waals surface area contributed by atoms with Crippen LogP contribution in [0.1, 0.15) is 0 Å². The Morgan fingerprint density at radius 3 is 2.61 bits per heavy atom. The molecule has 1 aromatic carbocycles. The standard InChI is InChI=1S/C23H20ClFN4O6S/c1-33-7-8-35-19-12-26-21-6-3-14(13-29(21)23(19)30)15-9-18(22(34-2)27-11-15)28-36(31,32)20-10-16(24)4-5-17(20)25/h3-6,9-13,28H,7-8H2,1-2H3. The summed E-state index contributed by atoms with van der Waals surface area (Å²) in [6, 6.07) is 7.94. The zero-order valence-electron chi connectivity index (χ0n) is 19.1. The predicted octanol–water partition coefficient (Wildman–Crippen LogP) is 3.38. The lowest BCUT2D eigenvalue weighted by molar-refractivity contribution is 0.145. The number of aromatic nitrogens is 3. The lowest BCUT2D eigenvalue weighted by atomic mass is 10.1. The minimum absolute atomic E-state index is 0.0433. The second-order valence-electron chi connectivity index (χ2n) is 7.38. The van der Waals surface area contributed by atoms with Crippen LogP contribution in [0.5, 0.6) is 11.6 Å². The van der Waals surface area contributed by atoms with Crippen LogP contribution in [0, 0.1) is 5.82 Å². The number of ether oxygens (including phenoxy) is 3. The van der Waals surface area contributed by atoms with Crippen LogP contribution in [0.2, 0.25) is 5.02 Å². The molecule has 1 N–H and O–H groups in total. The Morgan fingerprint density at radius 2 is 1.86 bits per heavy atom. The molecular weight excluding hydrogens is 515 g/mol. The quantitative estimate of drug-likeness (QED) is 0.324. The molecule has 0 saturated heterocycles. The van der Waals surface area contributed by atoms with Crippen molar-refractivity contribution < 1.29 is 27.0 Å². The summed E-state index contributed by atoms with van der Waals surface area (Å²) in [6.45, 7) is 0.482. The van der Waals surface area contributed by atoms with E-state index < -0.39 is 26.3 Å². The van der Waals surface area contributed by atoms with Crippen molar-refractivity contribution in [1.29, 1.82) is 0 Å². The van der Waals surface area contributed by atoms with Crippen molar-refractivity contribution in [1.82, 2.24) is 14.4 Å². The third-order valence-corrected chi connectivity index (χ3v) is 6.64. The Labute approximate surface area is 210 Å². The SMILES string of the molecule is COCCOc1cnc2ccc(-c3cnc(OC)c(NS(=O)(=O)c4cc(Cl)ccc4F)c3)cn2c1=O. The molecule has 0 saturated carbocycles. The first-order valence-corrected chi connectivity index (χ1v) is 12.2. The maximum Gasteiger partial charge on any atom is 0.300 e. The van der Waals surface area contributed by atoms with Crippen LogP contribution in [0.3, 0.4) is 0 Å². The largest absolute Gasteiger partial charge is 0.484 e. The Morgan fingerprint density at radius 1 is 1.06 bits per heavy atom. The molecule has 0 radical (unpaired) electrons. The topological polar surface area (TPSA) is 121 Å². The molecule has 4 rings (SSSR count). The van der Waals surface area contributed by atoms with Crippen LogP contribution in [-0.2, 0) is 14.8 Å². The lowest BCUT2D eigenvalue weighted by Gasteiger charge is -2.14. The number of nitrogens with one attached hydrogen (secondary N) is 1. The fraction of sp³-hybridized carbons (Fsp3) is 0.174. The average Bonchev–Trinajstić information content (AvgIpc) is 2.86. The number of rotatable bonds is 9. The first kappa shape index (κ1) is 25.4. The number of methoxy groups -OCH3 is 2. The first-order chi connectivity index (χ1) is 17.2. The normalized spacial score (nSPS) is 11.4. The third kappa shape index (κ3) is 5.25. The predicted molar refractivity (Wildman–Crippen MR) is 131 cm³/mol. The maximum absolute atomic E-state index is 14.2. The van der Waals surface area contributed by atoms with E-state index in [-0.39, 0.29) is 28.9 Å². The van der Waals surface area contributed by atoms with Gasteiger partial charge in [-0.25, -0.2) is 22.8 Å². The number of pyridine rings is 2. The van der Waals surface area contributed by atoms with E-state index in [4.69, 9.17) is 25.8 Å². The Kier molecular flexibility index (Phi) is 7.38. The molecule has 0 aliphatic rings. The van der Waals surface area contributed by atoms with Crippen molar-refractivity contribution in [2.45, 2.75) is 4.90 Å². The molecule has 36 heavy (non-hydrogen) atoms. The first-order valence-electron chi connectivity index (χ1n) is 10.4. The van der Waals surface area contributed by atoms with Crippen LogP contribution in [0.15, 0.2) is 64.7 Å². The van der Waals surface area contributed by atoms with Gasteiger partial charge in [-0.2, -0.15) is 0 Å². The second-order valence-corrected chi connectivity index (χ2v) is 9.46. The smallest absolute Gasteiger partial charge is 0.300 e. The zero-order valence-corrected chi connectivity index (χ0v) is 20.6. The van der Waals surface area contributed by atoms with Crippen molar-refractivity contribution in [3.63, 3.8) is 0 Å². The number of sulfonamides is 1. The van der Waals surface area contributed by atoms with Crippen LogP contribution in [0.4, 0.5) is 10.1 Å². The van der Waals surface area contributed by atoms with Gasteiger partial charge in [-0.05, 0) is 36.4 Å². The van der Waals surface area contributed by atoms with Gasteiger partial charge >= 0.3 is 0 Å². The van der Waals surface area contributed by atoms with Crippen molar-refractivity contribution in [2.24, 2.45) is 0 Å². The summed E-state index contributed by atoms with van der Waals surface area (Å²) >= 11 is 5.85. The van der Waals surface area contributed by atoms with E-state index in [2.05, 4.69) is 14.7 Å². The Hall–Kier alpha value is -3.74. The average molecular weight is 535 g/mol. The van der Waals surface area contributed by atoms with Crippen molar-refractivity contribution >= 4 is 33.0 Å². The molecule has 10 nitrogen and oxygen atoms in total. The number of hydrogen-bond donors (Lipinski definition) is 1. The number of halogens is 2. The number of benzene rings is 1.